The van der Waals surface area contributed by atoms with Crippen molar-refractivity contribution in [3.8, 4) is 5.75 Å². The molecule has 4 rings (SSSR count). The second-order valence-corrected chi connectivity index (χ2v) is 8.34. The van der Waals surface area contributed by atoms with Crippen molar-refractivity contribution in [1.29, 1.82) is 0 Å². The number of hydrogen-bond acceptors (Lipinski definition) is 4. The van der Waals surface area contributed by atoms with Crippen molar-refractivity contribution >= 4 is 17.6 Å². The lowest BCUT2D eigenvalue weighted by molar-refractivity contribution is -0.129. The molecule has 1 fully saturated rings. The third kappa shape index (κ3) is 5.25. The van der Waals surface area contributed by atoms with Gasteiger partial charge in [0.15, 0.2) is 5.82 Å². The van der Waals surface area contributed by atoms with Gasteiger partial charge in [-0.3, -0.25) is 14.3 Å². The number of nitrogens with one attached hydrogen (secondary N) is 1. The number of unbranched alkanes of at least 4 members (excludes halogenated alkanes) is 1. The molecule has 2 unspecified atom stereocenters. The third-order valence-corrected chi connectivity index (χ3v) is 6.06. The van der Waals surface area contributed by atoms with Gasteiger partial charge in [0.2, 0.25) is 11.8 Å². The van der Waals surface area contributed by atoms with Gasteiger partial charge < -0.3 is 15.0 Å². The Hall–Kier alpha value is -3.61. The molecule has 2 heterocycles. The number of hydrogen-bond donors (Lipinski definition) is 1. The second-order valence-electron chi connectivity index (χ2n) is 8.34. The van der Waals surface area contributed by atoms with E-state index in [4.69, 9.17) is 4.74 Å². The van der Waals surface area contributed by atoms with Crippen LogP contribution in [0.3, 0.4) is 0 Å². The van der Waals surface area contributed by atoms with Gasteiger partial charge >= 0.3 is 0 Å². The van der Waals surface area contributed by atoms with Gasteiger partial charge in [0.05, 0.1) is 25.6 Å². The van der Waals surface area contributed by atoms with E-state index in [0.717, 1.165) is 29.7 Å². The van der Waals surface area contributed by atoms with Crippen LogP contribution in [0.15, 0.2) is 66.9 Å². The molecule has 1 aliphatic heterocycles. The molecule has 1 aromatic heterocycles. The summed E-state index contributed by atoms with van der Waals surface area (Å²) in [6.45, 7) is 3.36. The maximum atomic E-state index is 13.3. The van der Waals surface area contributed by atoms with Crippen LogP contribution in [0, 0.1) is 5.92 Å². The molecule has 1 aliphatic rings. The largest absolute Gasteiger partial charge is 0.497 e. The highest BCUT2D eigenvalue weighted by molar-refractivity contribution is 5.97. The van der Waals surface area contributed by atoms with Crippen LogP contribution in [0.4, 0.5) is 5.82 Å². The molecule has 33 heavy (non-hydrogen) atoms. The van der Waals surface area contributed by atoms with Crippen LogP contribution >= 0.6 is 0 Å². The van der Waals surface area contributed by atoms with E-state index < -0.39 is 5.92 Å². The fourth-order valence-electron chi connectivity index (χ4n) is 4.34. The number of ether oxygens (including phenoxy) is 1. The molecule has 0 bridgehead atoms. The fraction of sp³-hybridized carbons (Fsp3) is 0.346. The Morgan fingerprint density at radius 1 is 1.12 bits per heavy atom. The van der Waals surface area contributed by atoms with Gasteiger partial charge in [-0.15, -0.1) is 0 Å². The minimum Gasteiger partial charge on any atom is -0.497 e. The first-order chi connectivity index (χ1) is 16.1. The molecule has 1 N–H and O–H groups in total. The predicted octanol–water partition coefficient (Wildman–Crippen LogP) is 4.27. The summed E-state index contributed by atoms with van der Waals surface area (Å²) < 4.78 is 7.06. The molecule has 172 valence electrons. The SMILES string of the molecule is CCCCN1C(=O)CC(C(=O)Nc2ccn(Cc3ccccc3)n2)C1c1ccc(OC)cc1. The molecular weight excluding hydrogens is 416 g/mol. The number of nitrogens with zero attached hydrogens (tertiary/aromatic N) is 3. The monoisotopic (exact) mass is 446 g/mol. The van der Waals surface area contributed by atoms with E-state index in [9.17, 15) is 9.59 Å². The van der Waals surface area contributed by atoms with E-state index in [1.165, 1.54) is 0 Å². The topological polar surface area (TPSA) is 76.5 Å². The van der Waals surface area contributed by atoms with Crippen LogP contribution < -0.4 is 10.1 Å². The van der Waals surface area contributed by atoms with Crippen LogP contribution in [-0.2, 0) is 16.1 Å². The number of rotatable bonds is 9. The Balaban J connectivity index is 1.51. The number of benzene rings is 2. The number of amides is 2. The van der Waals surface area contributed by atoms with Crippen molar-refractivity contribution in [2.45, 2.75) is 38.8 Å². The van der Waals surface area contributed by atoms with Crippen molar-refractivity contribution < 1.29 is 14.3 Å². The van der Waals surface area contributed by atoms with Crippen LogP contribution in [0.5, 0.6) is 5.75 Å². The molecule has 2 amide bonds. The Morgan fingerprint density at radius 3 is 2.58 bits per heavy atom. The molecule has 0 aliphatic carbocycles. The zero-order valence-electron chi connectivity index (χ0n) is 19.1. The summed E-state index contributed by atoms with van der Waals surface area (Å²) in [5.41, 5.74) is 2.07. The van der Waals surface area contributed by atoms with Gasteiger partial charge in [0.25, 0.3) is 0 Å². The average Bonchev–Trinajstić information content (AvgIpc) is 3.41. The molecule has 0 radical (unpaired) electrons. The smallest absolute Gasteiger partial charge is 0.231 e. The molecule has 7 heteroatoms. The molecular formula is C26H30N4O3. The molecule has 0 saturated carbocycles. The van der Waals surface area contributed by atoms with Crippen molar-refractivity contribution in [2.24, 2.45) is 5.92 Å². The lowest BCUT2D eigenvalue weighted by atomic mass is 9.92. The van der Waals surface area contributed by atoms with Crippen LogP contribution in [0.25, 0.3) is 0 Å². The summed E-state index contributed by atoms with van der Waals surface area (Å²) >= 11 is 0. The minimum absolute atomic E-state index is 0.0130. The summed E-state index contributed by atoms with van der Waals surface area (Å²) in [5.74, 6) is 0.575. The van der Waals surface area contributed by atoms with Gasteiger partial charge in [-0.05, 0) is 29.7 Å². The average molecular weight is 447 g/mol. The summed E-state index contributed by atoms with van der Waals surface area (Å²) in [5, 5.41) is 7.43. The van der Waals surface area contributed by atoms with E-state index in [1.54, 1.807) is 17.9 Å². The van der Waals surface area contributed by atoms with Crippen molar-refractivity contribution in [1.82, 2.24) is 14.7 Å². The number of anilines is 1. The quantitative estimate of drug-likeness (QED) is 0.533. The van der Waals surface area contributed by atoms with Crippen molar-refractivity contribution in [2.75, 3.05) is 19.0 Å². The first-order valence-electron chi connectivity index (χ1n) is 11.4. The molecule has 1 saturated heterocycles. The normalized spacial score (nSPS) is 17.9. The van der Waals surface area contributed by atoms with Crippen LogP contribution in [0.1, 0.15) is 43.4 Å². The van der Waals surface area contributed by atoms with E-state index in [-0.39, 0.29) is 24.3 Å². The van der Waals surface area contributed by atoms with Gasteiger partial charge in [0, 0.05) is 25.2 Å². The van der Waals surface area contributed by atoms with Gasteiger partial charge in [-0.25, -0.2) is 0 Å². The highest BCUT2D eigenvalue weighted by atomic mass is 16.5. The zero-order chi connectivity index (χ0) is 23.2. The molecule has 0 spiro atoms. The van der Waals surface area contributed by atoms with E-state index in [2.05, 4.69) is 17.3 Å². The molecule has 2 aromatic carbocycles. The summed E-state index contributed by atoms with van der Waals surface area (Å²) in [7, 11) is 1.62. The zero-order valence-corrected chi connectivity index (χ0v) is 19.1. The highest BCUT2D eigenvalue weighted by Gasteiger charge is 2.44. The Bertz CT molecular complexity index is 1080. The minimum atomic E-state index is -0.484. The summed E-state index contributed by atoms with van der Waals surface area (Å²) in [6.07, 6.45) is 3.92. The van der Waals surface area contributed by atoms with Gasteiger partial charge in [0.1, 0.15) is 5.75 Å². The number of aromatic nitrogens is 2. The van der Waals surface area contributed by atoms with Crippen molar-refractivity contribution in [3.63, 3.8) is 0 Å². The Morgan fingerprint density at radius 2 is 1.88 bits per heavy atom. The number of carbonyl (C=O) groups excluding carboxylic acids is 2. The number of methoxy groups -OCH3 is 1. The Labute approximate surface area is 194 Å². The maximum Gasteiger partial charge on any atom is 0.231 e. The summed E-state index contributed by atoms with van der Waals surface area (Å²) in [4.78, 5) is 28.0. The lowest BCUT2D eigenvalue weighted by Gasteiger charge is -2.28. The van der Waals surface area contributed by atoms with E-state index in [0.29, 0.717) is 18.9 Å². The Kier molecular flexibility index (Phi) is 7.07. The number of carbonyl (C=O) groups is 2. The van der Waals surface area contributed by atoms with Crippen molar-refractivity contribution in [3.05, 3.63) is 78.0 Å². The summed E-state index contributed by atoms with van der Waals surface area (Å²) in [6, 6.07) is 19.1. The van der Waals surface area contributed by atoms with Gasteiger partial charge in [-0.2, -0.15) is 5.10 Å². The van der Waals surface area contributed by atoms with Crippen LogP contribution in [0.2, 0.25) is 0 Å². The third-order valence-electron chi connectivity index (χ3n) is 6.06. The fourth-order valence-corrected chi connectivity index (χ4v) is 4.34. The number of likely N-dealkylation sites (tertiary alicyclic amines) is 1. The van der Waals surface area contributed by atoms with E-state index in [1.807, 2.05) is 65.7 Å². The van der Waals surface area contributed by atoms with E-state index >= 15 is 0 Å². The highest BCUT2D eigenvalue weighted by Crippen LogP contribution is 2.39. The second kappa shape index (κ2) is 10.3. The molecule has 7 nitrogen and oxygen atoms in total. The molecule has 2 atom stereocenters. The van der Waals surface area contributed by atoms with Gasteiger partial charge in [-0.1, -0.05) is 55.8 Å². The molecule has 3 aromatic rings. The standard InChI is InChI=1S/C26H30N4O3/c1-3-4-15-30-24(31)17-22(25(30)20-10-12-21(33-2)13-11-20)26(32)27-23-14-16-29(28-23)18-19-8-6-5-7-9-19/h5-14,16,22,25H,3-4,15,17-18H2,1-2H3,(H,27,28,32). The first kappa shape index (κ1) is 22.6. The lowest BCUT2D eigenvalue weighted by Crippen LogP contribution is -2.33. The predicted molar refractivity (Wildman–Crippen MR) is 127 cm³/mol. The first-order valence-corrected chi connectivity index (χ1v) is 11.4. The van der Waals surface area contributed by atoms with Crippen LogP contribution in [-0.4, -0.2) is 40.1 Å². The maximum absolute atomic E-state index is 13.3.